The first-order chi connectivity index (χ1) is 13.3. The molecule has 2 aromatic rings. The minimum Gasteiger partial charge on any atom is -0.397 e. The lowest BCUT2D eigenvalue weighted by atomic mass is 10.1. The zero-order valence-electron chi connectivity index (χ0n) is 16.1. The molecule has 0 saturated carbocycles. The number of para-hydroxylation sites is 2. The van der Waals surface area contributed by atoms with Gasteiger partial charge in [-0.1, -0.05) is 12.1 Å². The van der Waals surface area contributed by atoms with E-state index in [9.17, 15) is 4.79 Å². The molecular formula is C20H27Br2N5O. The van der Waals surface area contributed by atoms with Crippen molar-refractivity contribution in [3.05, 3.63) is 50.9 Å². The number of carbonyl (C=O) groups is 1. The smallest absolute Gasteiger partial charge is 0.241 e. The lowest BCUT2D eigenvalue weighted by Crippen LogP contribution is -2.37. The second-order valence-corrected chi connectivity index (χ2v) is 8.61. The van der Waals surface area contributed by atoms with Crippen LogP contribution in [0.1, 0.15) is 12.0 Å². The van der Waals surface area contributed by atoms with Crippen molar-refractivity contribution >= 4 is 54.8 Å². The van der Waals surface area contributed by atoms with Crippen molar-refractivity contribution < 1.29 is 4.79 Å². The highest BCUT2D eigenvalue weighted by Gasteiger charge is 2.17. The third kappa shape index (κ3) is 6.77. The van der Waals surface area contributed by atoms with Gasteiger partial charge in [-0.25, -0.2) is 0 Å². The van der Waals surface area contributed by atoms with E-state index >= 15 is 0 Å². The highest BCUT2D eigenvalue weighted by atomic mass is 79.9. The molecule has 0 radical (unpaired) electrons. The normalized spacial score (nSPS) is 12.1. The van der Waals surface area contributed by atoms with Gasteiger partial charge in [0.15, 0.2) is 0 Å². The highest BCUT2D eigenvalue weighted by Crippen LogP contribution is 2.30. The first kappa shape index (κ1) is 22.7. The summed E-state index contributed by atoms with van der Waals surface area (Å²) in [6, 6.07) is 10.7. The fourth-order valence-corrected chi connectivity index (χ4v) is 3.97. The number of halogens is 2. The van der Waals surface area contributed by atoms with Crippen LogP contribution in [0.3, 0.4) is 0 Å². The van der Waals surface area contributed by atoms with E-state index in [2.05, 4.69) is 47.4 Å². The monoisotopic (exact) mass is 511 g/mol. The van der Waals surface area contributed by atoms with Crippen LogP contribution in [0.4, 0.5) is 17.1 Å². The van der Waals surface area contributed by atoms with E-state index in [1.165, 1.54) is 0 Å². The Morgan fingerprint density at radius 1 is 1.14 bits per heavy atom. The highest BCUT2D eigenvalue weighted by molar-refractivity contribution is 9.11. The van der Waals surface area contributed by atoms with Crippen molar-refractivity contribution in [1.82, 2.24) is 4.90 Å². The average Bonchev–Trinajstić information content (AvgIpc) is 2.64. The number of hydrogen-bond acceptors (Lipinski definition) is 5. The first-order valence-electron chi connectivity index (χ1n) is 9.05. The number of nitrogens with two attached hydrogens (primary N) is 2. The van der Waals surface area contributed by atoms with E-state index in [0.29, 0.717) is 12.1 Å². The summed E-state index contributed by atoms with van der Waals surface area (Å²) in [6.45, 7) is 1.82. The average molecular weight is 513 g/mol. The summed E-state index contributed by atoms with van der Waals surface area (Å²) in [7, 11) is 4.10. The summed E-state index contributed by atoms with van der Waals surface area (Å²) in [4.78, 5) is 14.7. The molecular weight excluding hydrogens is 486 g/mol. The molecule has 1 atom stereocenters. The Morgan fingerprint density at radius 3 is 2.36 bits per heavy atom. The van der Waals surface area contributed by atoms with Gasteiger partial charge in [0.25, 0.3) is 0 Å². The number of carbonyl (C=O) groups excluding carboxylic acids is 1. The zero-order chi connectivity index (χ0) is 20.7. The van der Waals surface area contributed by atoms with Gasteiger partial charge < -0.3 is 27.0 Å². The fraction of sp³-hybridized carbons (Fsp3) is 0.350. The van der Waals surface area contributed by atoms with Crippen LogP contribution in [0, 0.1) is 0 Å². The maximum atomic E-state index is 12.6. The summed E-state index contributed by atoms with van der Waals surface area (Å²) in [6.07, 6.45) is 1.41. The molecule has 0 aliphatic rings. The molecule has 152 valence electrons. The van der Waals surface area contributed by atoms with Crippen LogP contribution in [0.5, 0.6) is 0 Å². The Kier molecular flexibility index (Phi) is 8.75. The maximum Gasteiger partial charge on any atom is 0.241 e. The summed E-state index contributed by atoms with van der Waals surface area (Å²) in [5, 5.41) is 6.31. The third-order valence-electron chi connectivity index (χ3n) is 4.21. The molecule has 0 aromatic heterocycles. The Hall–Kier alpha value is -1.61. The van der Waals surface area contributed by atoms with Crippen molar-refractivity contribution in [3.63, 3.8) is 0 Å². The Balaban J connectivity index is 1.98. The number of amides is 1. The van der Waals surface area contributed by atoms with E-state index in [-0.39, 0.29) is 5.91 Å². The van der Waals surface area contributed by atoms with Gasteiger partial charge >= 0.3 is 0 Å². The van der Waals surface area contributed by atoms with Gasteiger partial charge in [-0.3, -0.25) is 4.79 Å². The molecule has 2 aromatic carbocycles. The maximum absolute atomic E-state index is 12.6. The van der Waals surface area contributed by atoms with Gasteiger partial charge in [0.2, 0.25) is 5.91 Å². The molecule has 28 heavy (non-hydrogen) atoms. The van der Waals surface area contributed by atoms with E-state index in [4.69, 9.17) is 11.5 Å². The Labute approximate surface area is 183 Å². The molecule has 0 aliphatic carbocycles. The zero-order valence-corrected chi connectivity index (χ0v) is 19.3. The van der Waals surface area contributed by atoms with Crippen LogP contribution in [0.2, 0.25) is 0 Å². The molecule has 0 saturated heterocycles. The van der Waals surface area contributed by atoms with E-state index in [1.54, 1.807) is 0 Å². The lowest BCUT2D eigenvalue weighted by Gasteiger charge is -2.17. The summed E-state index contributed by atoms with van der Waals surface area (Å²) < 4.78 is 1.55. The molecule has 0 unspecified atom stereocenters. The predicted molar refractivity (Wildman–Crippen MR) is 125 cm³/mol. The molecule has 6 nitrogen and oxygen atoms in total. The van der Waals surface area contributed by atoms with Crippen molar-refractivity contribution in [2.75, 3.05) is 43.6 Å². The summed E-state index contributed by atoms with van der Waals surface area (Å²) in [5.74, 6) is -0.230. The van der Waals surface area contributed by atoms with E-state index in [0.717, 1.165) is 45.4 Å². The van der Waals surface area contributed by atoms with Crippen molar-refractivity contribution in [1.29, 1.82) is 0 Å². The topological polar surface area (TPSA) is 96.4 Å². The van der Waals surface area contributed by atoms with E-state index < -0.39 is 6.04 Å². The number of rotatable bonds is 9. The molecule has 0 bridgehead atoms. The minimum absolute atomic E-state index is 0.230. The Bertz CT molecular complexity index is 790. The second-order valence-electron chi connectivity index (χ2n) is 6.90. The molecule has 0 aliphatic heterocycles. The van der Waals surface area contributed by atoms with Crippen LogP contribution < -0.4 is 22.1 Å². The quantitative estimate of drug-likeness (QED) is 0.303. The number of nitrogens with zero attached hydrogens (tertiary/aromatic N) is 1. The molecule has 0 heterocycles. The van der Waals surface area contributed by atoms with Crippen molar-refractivity contribution in [2.45, 2.75) is 18.9 Å². The lowest BCUT2D eigenvalue weighted by molar-refractivity contribution is -0.117. The largest absolute Gasteiger partial charge is 0.397 e. The van der Waals surface area contributed by atoms with Crippen LogP contribution >= 0.6 is 31.9 Å². The van der Waals surface area contributed by atoms with E-state index in [1.807, 2.05) is 50.5 Å². The van der Waals surface area contributed by atoms with Crippen LogP contribution in [0.15, 0.2) is 45.3 Å². The van der Waals surface area contributed by atoms with Gasteiger partial charge in [0.05, 0.1) is 23.1 Å². The SMILES string of the molecule is CN(C)CCCNc1ccccc1NC(=O)[C@H](N)Cc1cc(Br)c(N)c(Br)c1. The standard InChI is InChI=1S/C20H27Br2N5O/c1-27(2)9-5-8-25-17-6-3-4-7-18(17)26-20(28)16(23)12-13-10-14(21)19(24)15(22)11-13/h3-4,6-7,10-11,16,25H,5,8-9,12,23-24H2,1-2H3,(H,26,28)/t16-/m1/s1. The molecule has 6 N–H and O–H groups in total. The molecule has 1 amide bonds. The number of benzene rings is 2. The van der Waals surface area contributed by atoms with Crippen LogP contribution in [-0.4, -0.2) is 44.0 Å². The van der Waals surface area contributed by atoms with Crippen LogP contribution in [0.25, 0.3) is 0 Å². The molecule has 0 spiro atoms. The van der Waals surface area contributed by atoms with Crippen LogP contribution in [-0.2, 0) is 11.2 Å². The first-order valence-corrected chi connectivity index (χ1v) is 10.6. The van der Waals surface area contributed by atoms with Gasteiger partial charge in [-0.2, -0.15) is 0 Å². The van der Waals surface area contributed by atoms with Crippen molar-refractivity contribution in [3.8, 4) is 0 Å². The predicted octanol–water partition coefficient (Wildman–Crippen LogP) is 3.67. The Morgan fingerprint density at radius 2 is 1.75 bits per heavy atom. The third-order valence-corrected chi connectivity index (χ3v) is 5.53. The van der Waals surface area contributed by atoms with Gasteiger partial charge in [0.1, 0.15) is 0 Å². The molecule has 0 fully saturated rings. The number of nitrogens with one attached hydrogen (secondary N) is 2. The second kappa shape index (κ2) is 10.8. The fourth-order valence-electron chi connectivity index (χ4n) is 2.69. The number of nitrogen functional groups attached to an aromatic ring is 1. The number of hydrogen-bond donors (Lipinski definition) is 4. The minimum atomic E-state index is -0.677. The van der Waals surface area contributed by atoms with Crippen molar-refractivity contribution in [2.24, 2.45) is 5.73 Å². The number of anilines is 3. The molecule has 8 heteroatoms. The molecule has 2 rings (SSSR count). The van der Waals surface area contributed by atoms with Gasteiger partial charge in [-0.05, 0) is 95.2 Å². The summed E-state index contributed by atoms with van der Waals surface area (Å²) in [5.41, 5.74) is 15.2. The van der Waals surface area contributed by atoms with Gasteiger partial charge in [-0.15, -0.1) is 0 Å². The van der Waals surface area contributed by atoms with Gasteiger partial charge in [0, 0.05) is 15.5 Å². The summed E-state index contributed by atoms with van der Waals surface area (Å²) >= 11 is 6.84.